The van der Waals surface area contributed by atoms with Crippen LogP contribution in [-0.2, 0) is 9.53 Å². The van der Waals surface area contributed by atoms with E-state index in [0.717, 1.165) is 16.5 Å². The molecule has 150 valence electrons. The maximum atomic E-state index is 12.8. The highest BCUT2D eigenvalue weighted by Crippen LogP contribution is 2.29. The molecule has 0 atom stereocenters. The molecular formula is C23H23NO5. The number of esters is 1. The van der Waals surface area contributed by atoms with Crippen LogP contribution in [0.5, 0.6) is 11.5 Å². The van der Waals surface area contributed by atoms with E-state index in [1.807, 2.05) is 49.4 Å². The zero-order valence-electron chi connectivity index (χ0n) is 16.7. The van der Waals surface area contributed by atoms with Crippen LogP contribution in [0.25, 0.3) is 10.8 Å². The van der Waals surface area contributed by atoms with Crippen molar-refractivity contribution in [1.29, 1.82) is 0 Å². The Morgan fingerprint density at radius 3 is 2.14 bits per heavy atom. The normalized spacial score (nSPS) is 10.4. The summed E-state index contributed by atoms with van der Waals surface area (Å²) in [6.45, 7) is 1.93. The van der Waals surface area contributed by atoms with Crippen LogP contribution in [0.3, 0.4) is 0 Å². The lowest BCUT2D eigenvalue weighted by Crippen LogP contribution is -2.34. The third kappa shape index (κ3) is 4.16. The molecule has 0 spiro atoms. The van der Waals surface area contributed by atoms with Crippen molar-refractivity contribution in [3.63, 3.8) is 0 Å². The molecule has 29 heavy (non-hydrogen) atoms. The van der Waals surface area contributed by atoms with Crippen molar-refractivity contribution in [3.05, 3.63) is 66.2 Å². The first kappa shape index (κ1) is 20.2. The molecule has 3 aromatic carbocycles. The first-order valence-corrected chi connectivity index (χ1v) is 9.27. The number of benzene rings is 3. The van der Waals surface area contributed by atoms with Gasteiger partial charge in [0.05, 0.1) is 19.9 Å². The van der Waals surface area contributed by atoms with Crippen LogP contribution >= 0.6 is 0 Å². The molecule has 0 saturated carbocycles. The van der Waals surface area contributed by atoms with Gasteiger partial charge in [-0.2, -0.15) is 0 Å². The van der Waals surface area contributed by atoms with E-state index in [9.17, 15) is 9.59 Å². The number of hydrogen-bond acceptors (Lipinski definition) is 5. The summed E-state index contributed by atoms with van der Waals surface area (Å²) < 4.78 is 15.8. The first-order valence-electron chi connectivity index (χ1n) is 9.27. The van der Waals surface area contributed by atoms with Crippen molar-refractivity contribution < 1.29 is 23.8 Å². The maximum absolute atomic E-state index is 12.8. The van der Waals surface area contributed by atoms with Gasteiger partial charge in [-0.05, 0) is 30.5 Å². The Balaban J connectivity index is 1.80. The second kappa shape index (κ2) is 9.10. The molecule has 0 heterocycles. The molecule has 0 radical (unpaired) electrons. The van der Waals surface area contributed by atoms with Gasteiger partial charge < -0.3 is 19.1 Å². The Kier molecular flexibility index (Phi) is 6.34. The third-order valence-corrected chi connectivity index (χ3v) is 4.63. The lowest BCUT2D eigenvalue weighted by atomic mass is 10.1. The number of hydrogen-bond donors (Lipinski definition) is 0. The molecule has 6 heteroatoms. The average Bonchev–Trinajstić information content (AvgIpc) is 2.77. The van der Waals surface area contributed by atoms with Gasteiger partial charge >= 0.3 is 5.97 Å². The lowest BCUT2D eigenvalue weighted by Gasteiger charge is -2.23. The van der Waals surface area contributed by atoms with Crippen LogP contribution in [0.2, 0.25) is 0 Å². The molecule has 0 aliphatic carbocycles. The van der Waals surface area contributed by atoms with E-state index in [4.69, 9.17) is 14.2 Å². The van der Waals surface area contributed by atoms with Crippen LogP contribution in [0, 0.1) is 0 Å². The van der Waals surface area contributed by atoms with Crippen LogP contribution < -0.4 is 14.4 Å². The number of ether oxygens (including phenoxy) is 3. The number of fused-ring (bicyclic) bond motifs is 1. The molecule has 0 saturated heterocycles. The Bertz CT molecular complexity index is 1000. The minimum atomic E-state index is -0.679. The maximum Gasteiger partial charge on any atom is 0.346 e. The average molecular weight is 393 g/mol. The van der Waals surface area contributed by atoms with Crippen molar-refractivity contribution >= 4 is 28.3 Å². The van der Waals surface area contributed by atoms with Gasteiger partial charge in [-0.1, -0.05) is 42.5 Å². The van der Waals surface area contributed by atoms with Gasteiger partial charge in [0.1, 0.15) is 17.1 Å². The van der Waals surface area contributed by atoms with Gasteiger partial charge in [0.15, 0.2) is 6.61 Å². The molecule has 0 aliphatic heterocycles. The van der Waals surface area contributed by atoms with Crippen LogP contribution in [0.15, 0.2) is 60.7 Å². The summed E-state index contributed by atoms with van der Waals surface area (Å²) in [5.41, 5.74) is 0.931. The predicted molar refractivity (Wildman–Crippen MR) is 112 cm³/mol. The minimum Gasteiger partial charge on any atom is -0.496 e. The number of likely N-dealkylation sites (N-methyl/N-ethyl adjacent to an activating group) is 1. The van der Waals surface area contributed by atoms with E-state index in [-0.39, 0.29) is 11.5 Å². The van der Waals surface area contributed by atoms with E-state index >= 15 is 0 Å². The summed E-state index contributed by atoms with van der Waals surface area (Å²) in [6, 6.07) is 18.6. The largest absolute Gasteiger partial charge is 0.496 e. The molecule has 6 nitrogen and oxygen atoms in total. The van der Waals surface area contributed by atoms with Gasteiger partial charge in [0.25, 0.3) is 5.91 Å². The summed E-state index contributed by atoms with van der Waals surface area (Å²) >= 11 is 0. The minimum absolute atomic E-state index is 0.151. The Labute approximate surface area is 169 Å². The molecule has 3 aromatic rings. The molecule has 1 amide bonds. The highest BCUT2D eigenvalue weighted by Gasteiger charge is 2.23. The third-order valence-electron chi connectivity index (χ3n) is 4.63. The molecule has 0 N–H and O–H groups in total. The zero-order valence-corrected chi connectivity index (χ0v) is 16.7. The van der Waals surface area contributed by atoms with Gasteiger partial charge in [0.2, 0.25) is 0 Å². The highest BCUT2D eigenvalue weighted by atomic mass is 16.5. The number of rotatable bonds is 7. The number of nitrogens with zero attached hydrogens (tertiary/aromatic N) is 1. The standard InChI is InChI=1S/C23H23NO5/c1-4-24(18-12-7-10-16-9-5-6-11-17(16)18)21(25)15-29-23(26)22-19(27-2)13-8-14-20(22)28-3/h5-14H,4,15H2,1-3H3. The molecule has 0 fully saturated rings. The fraction of sp³-hybridized carbons (Fsp3) is 0.217. The number of amides is 1. The molecule has 0 unspecified atom stereocenters. The smallest absolute Gasteiger partial charge is 0.346 e. The summed E-state index contributed by atoms with van der Waals surface area (Å²) in [5, 5.41) is 2.00. The van der Waals surface area contributed by atoms with Crippen molar-refractivity contribution in [2.24, 2.45) is 0 Å². The van der Waals surface area contributed by atoms with E-state index in [1.54, 1.807) is 23.1 Å². The van der Waals surface area contributed by atoms with E-state index in [1.165, 1.54) is 14.2 Å². The van der Waals surface area contributed by atoms with E-state index < -0.39 is 12.6 Å². The van der Waals surface area contributed by atoms with Crippen LogP contribution in [0.1, 0.15) is 17.3 Å². The van der Waals surface area contributed by atoms with Gasteiger partial charge in [0, 0.05) is 11.9 Å². The van der Waals surface area contributed by atoms with Crippen molar-refractivity contribution in [3.8, 4) is 11.5 Å². The second-order valence-electron chi connectivity index (χ2n) is 6.25. The van der Waals surface area contributed by atoms with Gasteiger partial charge in [-0.15, -0.1) is 0 Å². The predicted octanol–water partition coefficient (Wildman–Crippen LogP) is 4.07. The quantitative estimate of drug-likeness (QED) is 0.566. The summed E-state index contributed by atoms with van der Waals surface area (Å²) in [6.07, 6.45) is 0. The fourth-order valence-electron chi connectivity index (χ4n) is 3.25. The van der Waals surface area contributed by atoms with Crippen molar-refractivity contribution in [1.82, 2.24) is 0 Å². The van der Waals surface area contributed by atoms with E-state index in [0.29, 0.717) is 18.0 Å². The monoisotopic (exact) mass is 393 g/mol. The topological polar surface area (TPSA) is 65.1 Å². The number of carbonyl (C=O) groups is 2. The summed E-state index contributed by atoms with van der Waals surface area (Å²) in [7, 11) is 2.91. The fourth-order valence-corrected chi connectivity index (χ4v) is 3.25. The first-order chi connectivity index (χ1) is 14.1. The lowest BCUT2D eigenvalue weighted by molar-refractivity contribution is -0.121. The van der Waals surface area contributed by atoms with Crippen LogP contribution in [-0.4, -0.2) is 39.2 Å². The van der Waals surface area contributed by atoms with Crippen molar-refractivity contribution in [2.45, 2.75) is 6.92 Å². The number of carbonyl (C=O) groups excluding carboxylic acids is 2. The molecule has 0 aliphatic rings. The Morgan fingerprint density at radius 1 is 0.862 bits per heavy atom. The SMILES string of the molecule is CCN(C(=O)COC(=O)c1c(OC)cccc1OC)c1cccc2ccccc12. The van der Waals surface area contributed by atoms with Gasteiger partial charge in [-0.25, -0.2) is 4.79 Å². The molecular weight excluding hydrogens is 370 g/mol. The highest BCUT2D eigenvalue weighted by molar-refractivity contribution is 6.05. The molecule has 0 bridgehead atoms. The Hall–Kier alpha value is -3.54. The van der Waals surface area contributed by atoms with Crippen LogP contribution in [0.4, 0.5) is 5.69 Å². The summed E-state index contributed by atoms with van der Waals surface area (Å²) in [5.74, 6) is -0.348. The number of anilines is 1. The van der Waals surface area contributed by atoms with Crippen molar-refractivity contribution in [2.75, 3.05) is 32.3 Å². The second-order valence-corrected chi connectivity index (χ2v) is 6.25. The summed E-state index contributed by atoms with van der Waals surface area (Å²) in [4.78, 5) is 27.1. The van der Waals surface area contributed by atoms with E-state index in [2.05, 4.69) is 0 Å². The Morgan fingerprint density at radius 2 is 1.48 bits per heavy atom. The zero-order chi connectivity index (χ0) is 20.8. The van der Waals surface area contributed by atoms with Gasteiger partial charge in [-0.3, -0.25) is 4.79 Å². The number of methoxy groups -OCH3 is 2. The molecule has 3 rings (SSSR count). The molecule has 0 aromatic heterocycles.